The zero-order chi connectivity index (χ0) is 13.4. The third-order valence-corrected chi connectivity index (χ3v) is 2.19. The third kappa shape index (κ3) is 25.5. The number of unbranched alkanes of at least 4 members (excludes halogenated alkanes) is 6. The zero-order valence-electron chi connectivity index (χ0n) is 11.8. The van der Waals surface area contributed by atoms with E-state index in [0.29, 0.717) is 6.29 Å². The van der Waals surface area contributed by atoms with Crippen LogP contribution in [-0.4, -0.2) is 32.1 Å². The first kappa shape index (κ1) is 18.7. The highest BCUT2D eigenvalue weighted by atomic mass is 16.7. The van der Waals surface area contributed by atoms with Crippen molar-refractivity contribution in [2.45, 2.75) is 51.9 Å². The van der Waals surface area contributed by atoms with Crippen LogP contribution in [0.25, 0.3) is 0 Å². The van der Waals surface area contributed by atoms with Gasteiger partial charge in [0.1, 0.15) is 6.29 Å². The lowest BCUT2D eigenvalue weighted by molar-refractivity contribution is -0.120. The molecule has 102 valence electrons. The maximum Gasteiger partial charge on any atom is 0.142 e. The van der Waals surface area contributed by atoms with E-state index in [-0.39, 0.29) is 0 Å². The van der Waals surface area contributed by atoms with E-state index in [9.17, 15) is 0 Å². The Bertz CT molecular complexity index is 152. The monoisotopic (exact) mass is 243 g/mol. The summed E-state index contributed by atoms with van der Waals surface area (Å²) in [5.41, 5.74) is 0. The summed E-state index contributed by atoms with van der Waals surface area (Å²) >= 11 is 0. The molecule has 0 rings (SSSR count). The molecule has 0 aromatic carbocycles. The third-order valence-electron chi connectivity index (χ3n) is 2.19. The van der Waals surface area contributed by atoms with Gasteiger partial charge in [-0.15, -0.1) is 0 Å². The largest absolute Gasteiger partial charge is 0.300 e. The lowest BCUT2D eigenvalue weighted by atomic mass is 10.1. The highest BCUT2D eigenvalue weighted by Crippen LogP contribution is 2.06. The second-order valence-corrected chi connectivity index (χ2v) is 4.14. The molecule has 0 amide bonds. The van der Waals surface area contributed by atoms with Gasteiger partial charge in [-0.25, -0.2) is 0 Å². The molecule has 0 saturated heterocycles. The Labute approximate surface area is 107 Å². The van der Waals surface area contributed by atoms with Crippen LogP contribution in [-0.2, 0) is 9.63 Å². The Morgan fingerprint density at radius 3 is 1.94 bits per heavy atom. The number of aldehydes is 1. The van der Waals surface area contributed by atoms with Crippen molar-refractivity contribution in [1.82, 2.24) is 5.06 Å². The molecule has 0 spiro atoms. The fourth-order valence-electron chi connectivity index (χ4n) is 1.31. The van der Waals surface area contributed by atoms with Crippen molar-refractivity contribution < 1.29 is 9.63 Å². The van der Waals surface area contributed by atoms with Crippen molar-refractivity contribution in [3.8, 4) is 0 Å². The van der Waals surface area contributed by atoms with E-state index < -0.39 is 0 Å². The van der Waals surface area contributed by atoms with E-state index in [1.165, 1.54) is 51.0 Å². The van der Waals surface area contributed by atoms with Crippen LogP contribution in [0.15, 0.2) is 12.7 Å². The average molecular weight is 243 g/mol. The second-order valence-electron chi connectivity index (χ2n) is 4.14. The van der Waals surface area contributed by atoms with Crippen LogP contribution in [0.2, 0.25) is 0 Å². The Hall–Kier alpha value is -0.670. The molecule has 0 aliphatic heterocycles. The SMILES string of the molecule is C=CC=O.CCCCCCCCCON(C)C. The number of carbonyl (C=O) groups excluding carboxylic acids is 1. The molecule has 0 unspecified atom stereocenters. The summed E-state index contributed by atoms with van der Waals surface area (Å²) in [7, 11) is 3.86. The molecule has 0 atom stereocenters. The standard InChI is InChI=1S/C11H25NO.C3H4O/c1-4-5-6-7-8-9-10-11-13-12(2)3;1-2-3-4/h4-11H2,1-3H3;2-3H,1H2. The normalized spacial score (nSPS) is 9.65. The van der Waals surface area contributed by atoms with E-state index in [1.54, 1.807) is 5.06 Å². The van der Waals surface area contributed by atoms with Crippen molar-refractivity contribution in [3.63, 3.8) is 0 Å². The van der Waals surface area contributed by atoms with Crippen molar-refractivity contribution in [1.29, 1.82) is 0 Å². The maximum atomic E-state index is 9.06. The quantitative estimate of drug-likeness (QED) is 0.254. The number of hydrogen-bond acceptors (Lipinski definition) is 3. The first-order chi connectivity index (χ1) is 8.18. The molecule has 3 nitrogen and oxygen atoms in total. The topological polar surface area (TPSA) is 29.5 Å². The molecular formula is C14H29NO2. The van der Waals surface area contributed by atoms with Crippen LogP contribution >= 0.6 is 0 Å². The lowest BCUT2D eigenvalue weighted by Gasteiger charge is -2.09. The Morgan fingerprint density at radius 1 is 1.06 bits per heavy atom. The minimum absolute atomic E-state index is 0.639. The lowest BCUT2D eigenvalue weighted by Crippen LogP contribution is -2.13. The van der Waals surface area contributed by atoms with E-state index >= 15 is 0 Å². The first-order valence-electron chi connectivity index (χ1n) is 6.55. The van der Waals surface area contributed by atoms with Gasteiger partial charge in [0.15, 0.2) is 0 Å². The van der Waals surface area contributed by atoms with Crippen LogP contribution in [0, 0.1) is 0 Å². The van der Waals surface area contributed by atoms with E-state index in [2.05, 4.69) is 13.5 Å². The minimum Gasteiger partial charge on any atom is -0.300 e. The summed E-state index contributed by atoms with van der Waals surface area (Å²) < 4.78 is 0. The molecule has 0 aromatic rings. The van der Waals surface area contributed by atoms with Crippen LogP contribution in [0.5, 0.6) is 0 Å². The average Bonchev–Trinajstić information content (AvgIpc) is 2.32. The van der Waals surface area contributed by atoms with Gasteiger partial charge in [-0.3, -0.25) is 9.63 Å². The summed E-state index contributed by atoms with van der Waals surface area (Å²) in [5, 5.41) is 1.77. The van der Waals surface area contributed by atoms with Crippen molar-refractivity contribution in [3.05, 3.63) is 12.7 Å². The number of carbonyl (C=O) groups is 1. The van der Waals surface area contributed by atoms with Crippen molar-refractivity contribution >= 4 is 6.29 Å². The van der Waals surface area contributed by atoms with Crippen LogP contribution in [0.3, 0.4) is 0 Å². The van der Waals surface area contributed by atoms with Gasteiger partial charge >= 0.3 is 0 Å². The predicted molar refractivity (Wildman–Crippen MR) is 73.9 cm³/mol. The van der Waals surface area contributed by atoms with Gasteiger partial charge in [0, 0.05) is 14.1 Å². The van der Waals surface area contributed by atoms with Crippen LogP contribution < -0.4 is 0 Å². The van der Waals surface area contributed by atoms with E-state index in [0.717, 1.165) is 6.61 Å². The molecule has 17 heavy (non-hydrogen) atoms. The van der Waals surface area contributed by atoms with Crippen molar-refractivity contribution in [2.24, 2.45) is 0 Å². The van der Waals surface area contributed by atoms with Crippen molar-refractivity contribution in [2.75, 3.05) is 20.7 Å². The van der Waals surface area contributed by atoms with Gasteiger partial charge in [0.2, 0.25) is 0 Å². The predicted octanol–water partition coefficient (Wildman–Crippen LogP) is 3.60. The second kappa shape index (κ2) is 17.7. The van der Waals surface area contributed by atoms with Gasteiger partial charge in [-0.05, 0) is 12.5 Å². The summed E-state index contributed by atoms with van der Waals surface area (Å²) in [6.45, 7) is 6.24. The molecule has 0 bridgehead atoms. The molecule has 0 N–H and O–H groups in total. The summed E-state index contributed by atoms with van der Waals surface area (Å²) in [4.78, 5) is 14.4. The molecule has 0 saturated carbocycles. The van der Waals surface area contributed by atoms with Crippen LogP contribution in [0.4, 0.5) is 0 Å². The number of hydroxylamine groups is 2. The zero-order valence-corrected chi connectivity index (χ0v) is 11.8. The molecule has 0 aliphatic rings. The molecule has 0 fully saturated rings. The summed E-state index contributed by atoms with van der Waals surface area (Å²) in [6, 6.07) is 0. The fraction of sp³-hybridized carbons (Fsp3) is 0.786. The van der Waals surface area contributed by atoms with Gasteiger partial charge in [-0.2, -0.15) is 5.06 Å². The fourth-order valence-corrected chi connectivity index (χ4v) is 1.31. The highest BCUT2D eigenvalue weighted by Gasteiger charge is 1.92. The van der Waals surface area contributed by atoms with E-state index in [1.807, 2.05) is 14.1 Å². The molecule has 0 radical (unpaired) electrons. The maximum absolute atomic E-state index is 9.06. The summed E-state index contributed by atoms with van der Waals surface area (Å²) in [6.07, 6.45) is 11.3. The number of rotatable bonds is 10. The van der Waals surface area contributed by atoms with Gasteiger partial charge in [-0.1, -0.05) is 52.0 Å². The molecule has 0 heterocycles. The van der Waals surface area contributed by atoms with Gasteiger partial charge in [0.25, 0.3) is 0 Å². The highest BCUT2D eigenvalue weighted by molar-refractivity contribution is 5.63. The van der Waals surface area contributed by atoms with Gasteiger partial charge < -0.3 is 0 Å². The van der Waals surface area contributed by atoms with Gasteiger partial charge in [0.05, 0.1) is 6.61 Å². The Kier molecular flexibility index (Phi) is 19.5. The Balaban J connectivity index is 0. The van der Waals surface area contributed by atoms with E-state index in [4.69, 9.17) is 9.63 Å². The molecule has 3 heteroatoms. The minimum atomic E-state index is 0.639. The number of nitrogens with zero attached hydrogens (tertiary/aromatic N) is 1. The number of allylic oxidation sites excluding steroid dienone is 1. The Morgan fingerprint density at radius 2 is 1.53 bits per heavy atom. The molecule has 0 aromatic heterocycles. The first-order valence-corrected chi connectivity index (χ1v) is 6.55. The smallest absolute Gasteiger partial charge is 0.142 e. The van der Waals surface area contributed by atoms with Crippen LogP contribution in [0.1, 0.15) is 51.9 Å². The molecular weight excluding hydrogens is 214 g/mol. The molecule has 0 aliphatic carbocycles. The number of hydrogen-bond donors (Lipinski definition) is 0. The summed E-state index contributed by atoms with van der Waals surface area (Å²) in [5.74, 6) is 0.